The molecule has 0 saturated heterocycles. The zero-order chi connectivity index (χ0) is 36.1. The Morgan fingerprint density at radius 3 is 1.30 bits per heavy atom. The molecule has 0 aliphatic rings. The molecule has 0 aromatic rings. The summed E-state index contributed by atoms with van der Waals surface area (Å²) in [5, 5.41) is 48.3. The number of hydrogen-bond donors (Lipinski definition) is 12. The zero-order valence-electron chi connectivity index (χ0n) is 26.2. The Labute approximate surface area is 270 Å². The smallest absolute Gasteiger partial charge is 0.326 e. The molecular formula is C27H48N8O12. The van der Waals surface area contributed by atoms with E-state index in [1.807, 2.05) is 5.32 Å². The quantitative estimate of drug-likeness (QED) is 0.0405. The lowest BCUT2D eigenvalue weighted by Crippen LogP contribution is -2.59. The van der Waals surface area contributed by atoms with Crippen molar-refractivity contribution in [1.82, 2.24) is 26.6 Å². The van der Waals surface area contributed by atoms with E-state index in [1.54, 1.807) is 0 Å². The largest absolute Gasteiger partial charge is 0.481 e. The van der Waals surface area contributed by atoms with Gasteiger partial charge < -0.3 is 64.2 Å². The van der Waals surface area contributed by atoms with E-state index in [-0.39, 0.29) is 25.8 Å². The molecule has 5 amide bonds. The van der Waals surface area contributed by atoms with Gasteiger partial charge in [0.15, 0.2) is 0 Å². The first-order chi connectivity index (χ1) is 22.1. The Bertz CT molecular complexity index is 1090. The molecule has 0 saturated carbocycles. The Kier molecular flexibility index (Phi) is 20.8. The number of aliphatic hydroxyl groups is 1. The normalized spacial score (nSPS) is 14.7. The molecule has 0 aliphatic carbocycles. The summed E-state index contributed by atoms with van der Waals surface area (Å²) in [7, 11) is 0. The maximum Gasteiger partial charge on any atom is 0.326 e. The molecule has 0 aromatic carbocycles. The Hall–Kier alpha value is -4.40. The summed E-state index contributed by atoms with van der Waals surface area (Å²) in [6.07, 6.45) is -0.281. The summed E-state index contributed by atoms with van der Waals surface area (Å²) in [5.74, 6) is -9.19. The predicted octanol–water partition coefficient (Wildman–Crippen LogP) is -4.57. The molecule has 0 unspecified atom stereocenters. The molecule has 15 N–H and O–H groups in total. The Balaban J connectivity index is 6.02. The van der Waals surface area contributed by atoms with Crippen molar-refractivity contribution >= 4 is 47.4 Å². The molecule has 0 radical (unpaired) electrons. The van der Waals surface area contributed by atoms with E-state index in [0.29, 0.717) is 25.8 Å². The van der Waals surface area contributed by atoms with Crippen LogP contribution in [0.25, 0.3) is 0 Å². The number of carbonyl (C=O) groups is 8. The fraction of sp³-hybridized carbons (Fsp3) is 0.704. The van der Waals surface area contributed by atoms with Gasteiger partial charge in [-0.15, -0.1) is 0 Å². The first kappa shape index (κ1) is 42.6. The highest BCUT2D eigenvalue weighted by Crippen LogP contribution is 2.08. The average molecular weight is 677 g/mol. The van der Waals surface area contributed by atoms with Gasteiger partial charge >= 0.3 is 17.9 Å². The lowest BCUT2D eigenvalue weighted by atomic mass is 10.0. The van der Waals surface area contributed by atoms with Crippen LogP contribution in [-0.4, -0.2) is 124 Å². The van der Waals surface area contributed by atoms with Gasteiger partial charge in [0.05, 0.1) is 19.1 Å². The Morgan fingerprint density at radius 2 is 0.936 bits per heavy atom. The fourth-order valence-electron chi connectivity index (χ4n) is 4.02. The highest BCUT2D eigenvalue weighted by Gasteiger charge is 2.33. The maximum absolute atomic E-state index is 13.4. The summed E-state index contributed by atoms with van der Waals surface area (Å²) in [6.45, 7) is 0.902. The van der Waals surface area contributed by atoms with Gasteiger partial charge in [-0.05, 0) is 65.0 Å². The minimum Gasteiger partial charge on any atom is -0.481 e. The molecule has 20 nitrogen and oxygen atoms in total. The van der Waals surface area contributed by atoms with Crippen LogP contribution in [0.4, 0.5) is 0 Å². The van der Waals surface area contributed by atoms with Crippen molar-refractivity contribution in [1.29, 1.82) is 0 Å². The lowest BCUT2D eigenvalue weighted by molar-refractivity contribution is -0.147. The zero-order valence-corrected chi connectivity index (χ0v) is 26.2. The summed E-state index contributed by atoms with van der Waals surface area (Å²) in [5.41, 5.74) is 16.6. The van der Waals surface area contributed by atoms with E-state index < -0.39 is 110 Å². The monoisotopic (exact) mass is 676 g/mol. The molecular weight excluding hydrogens is 628 g/mol. The van der Waals surface area contributed by atoms with Gasteiger partial charge in [0.2, 0.25) is 29.5 Å². The standard InChI is InChI=1S/C27H48N8O12/c1-14(30)22(41)31-15(6-2-4-10-28)23(42)33-17(8-9-20(37)38)25(44)32-16(7-3-5-11-29)24(43)35-19(13-36)26(45)34-18(27(46)47)12-21(39)40/h14-19,36H,2-13,28-30H2,1H3,(H,31,41)(H,32,44)(H,33,42)(H,34,45)(H,35,43)(H,37,38)(H,39,40)(H,46,47)/t14-,15-,16-,17-,18-,19-/m0/s1. The summed E-state index contributed by atoms with van der Waals surface area (Å²) in [6, 6.07) is -8.65. The summed E-state index contributed by atoms with van der Waals surface area (Å²) in [4.78, 5) is 98.1. The highest BCUT2D eigenvalue weighted by atomic mass is 16.4. The molecule has 0 bridgehead atoms. The van der Waals surface area contributed by atoms with Crippen molar-refractivity contribution < 1.29 is 58.8 Å². The number of aliphatic hydroxyl groups excluding tert-OH is 1. The van der Waals surface area contributed by atoms with E-state index in [4.69, 9.17) is 22.3 Å². The second-order valence-corrected chi connectivity index (χ2v) is 10.7. The van der Waals surface area contributed by atoms with E-state index in [9.17, 15) is 53.7 Å². The maximum atomic E-state index is 13.4. The van der Waals surface area contributed by atoms with Crippen LogP contribution in [0, 0.1) is 0 Å². The van der Waals surface area contributed by atoms with Crippen molar-refractivity contribution in [2.75, 3.05) is 19.7 Å². The number of hydrogen-bond acceptors (Lipinski definition) is 12. The number of aliphatic carboxylic acids is 3. The van der Waals surface area contributed by atoms with Crippen molar-refractivity contribution in [3.63, 3.8) is 0 Å². The van der Waals surface area contributed by atoms with Crippen LogP contribution in [0.5, 0.6) is 0 Å². The van der Waals surface area contributed by atoms with Gasteiger partial charge in [0.1, 0.15) is 30.2 Å². The van der Waals surface area contributed by atoms with E-state index in [0.717, 1.165) is 0 Å². The average Bonchev–Trinajstić information content (AvgIpc) is 2.99. The third-order valence-electron chi connectivity index (χ3n) is 6.66. The molecule has 268 valence electrons. The van der Waals surface area contributed by atoms with Crippen LogP contribution >= 0.6 is 0 Å². The third-order valence-corrected chi connectivity index (χ3v) is 6.66. The highest BCUT2D eigenvalue weighted by molar-refractivity contribution is 5.96. The molecule has 20 heteroatoms. The SMILES string of the molecule is C[C@H](N)C(=O)N[C@@H](CCCCN)C(=O)N[C@@H](CCC(=O)O)C(=O)N[C@@H](CCCCN)C(=O)N[C@@H](CO)C(=O)N[C@@H](CC(=O)O)C(=O)O. The van der Waals surface area contributed by atoms with Crippen LogP contribution in [-0.2, 0) is 38.4 Å². The van der Waals surface area contributed by atoms with E-state index in [1.165, 1.54) is 6.92 Å². The van der Waals surface area contributed by atoms with Crippen molar-refractivity contribution in [2.45, 2.75) is 101 Å². The number of carbonyl (C=O) groups excluding carboxylic acids is 5. The number of nitrogens with two attached hydrogens (primary N) is 3. The van der Waals surface area contributed by atoms with Crippen LogP contribution in [0.2, 0.25) is 0 Å². The molecule has 0 rings (SSSR count). The number of amides is 5. The van der Waals surface area contributed by atoms with Gasteiger partial charge in [-0.25, -0.2) is 4.79 Å². The predicted molar refractivity (Wildman–Crippen MR) is 163 cm³/mol. The van der Waals surface area contributed by atoms with Crippen LogP contribution in [0.3, 0.4) is 0 Å². The van der Waals surface area contributed by atoms with Crippen LogP contribution in [0.15, 0.2) is 0 Å². The van der Waals surface area contributed by atoms with Crippen molar-refractivity contribution in [2.24, 2.45) is 17.2 Å². The molecule has 0 heterocycles. The van der Waals surface area contributed by atoms with Gasteiger partial charge in [-0.1, -0.05) is 0 Å². The number of carboxylic acid groups (broad SMARTS) is 3. The number of unbranched alkanes of at least 4 members (excludes halogenated alkanes) is 2. The minimum atomic E-state index is -1.87. The van der Waals surface area contributed by atoms with Crippen molar-refractivity contribution in [3.05, 3.63) is 0 Å². The number of rotatable bonds is 25. The molecule has 0 aromatic heterocycles. The summed E-state index contributed by atoms with van der Waals surface area (Å²) < 4.78 is 0. The van der Waals surface area contributed by atoms with Gasteiger partial charge in [0, 0.05) is 6.42 Å². The first-order valence-corrected chi connectivity index (χ1v) is 15.0. The fourth-order valence-corrected chi connectivity index (χ4v) is 4.02. The number of nitrogens with one attached hydrogen (secondary N) is 5. The molecule has 0 spiro atoms. The number of carboxylic acids is 3. The van der Waals surface area contributed by atoms with Gasteiger partial charge in [-0.3, -0.25) is 33.6 Å². The molecule has 47 heavy (non-hydrogen) atoms. The van der Waals surface area contributed by atoms with Gasteiger partial charge in [-0.2, -0.15) is 0 Å². The third kappa shape index (κ3) is 17.8. The minimum absolute atomic E-state index is 0.0585. The summed E-state index contributed by atoms with van der Waals surface area (Å²) >= 11 is 0. The van der Waals surface area contributed by atoms with Crippen molar-refractivity contribution in [3.8, 4) is 0 Å². The topological polar surface area (TPSA) is 356 Å². The van der Waals surface area contributed by atoms with Gasteiger partial charge in [0.25, 0.3) is 0 Å². The molecule has 6 atom stereocenters. The molecule has 0 aliphatic heterocycles. The Morgan fingerprint density at radius 1 is 0.553 bits per heavy atom. The van der Waals surface area contributed by atoms with Crippen LogP contribution < -0.4 is 43.8 Å². The van der Waals surface area contributed by atoms with E-state index >= 15 is 0 Å². The first-order valence-electron chi connectivity index (χ1n) is 15.0. The second kappa shape index (κ2) is 23.0. The van der Waals surface area contributed by atoms with Crippen LogP contribution in [0.1, 0.15) is 64.7 Å². The lowest BCUT2D eigenvalue weighted by Gasteiger charge is -2.26. The molecule has 0 fully saturated rings. The van der Waals surface area contributed by atoms with E-state index in [2.05, 4.69) is 21.3 Å². The second-order valence-electron chi connectivity index (χ2n) is 10.7.